The van der Waals surface area contributed by atoms with Crippen molar-refractivity contribution in [2.45, 2.75) is 25.9 Å². The lowest BCUT2D eigenvalue weighted by atomic mass is 10.2. The van der Waals surface area contributed by atoms with E-state index in [2.05, 4.69) is 10.7 Å². The van der Waals surface area contributed by atoms with E-state index in [0.717, 1.165) is 48.5 Å². The van der Waals surface area contributed by atoms with Crippen molar-refractivity contribution >= 4 is 28.7 Å². The number of ether oxygens (including phenoxy) is 1. The minimum absolute atomic E-state index is 0.0745. The molecule has 0 atom stereocenters. The van der Waals surface area contributed by atoms with Crippen molar-refractivity contribution in [2.24, 2.45) is 0 Å². The van der Waals surface area contributed by atoms with Gasteiger partial charge in [0.15, 0.2) is 0 Å². The van der Waals surface area contributed by atoms with Crippen molar-refractivity contribution in [1.29, 1.82) is 0 Å². The van der Waals surface area contributed by atoms with Crippen LogP contribution in [-0.2, 0) is 13.0 Å². The highest BCUT2D eigenvalue weighted by atomic mass is 32.1. The molecule has 1 aromatic heterocycles. The number of hydrogen-bond acceptors (Lipinski definition) is 3. The van der Waals surface area contributed by atoms with Crippen LogP contribution in [0.25, 0.3) is 0 Å². The SMILES string of the molecule is O=C(Nc1ccc(OCc2ccccc2)cc1)N1CCCCc2sccc21. The number of fused-ring (bicyclic) bond motifs is 1. The Hall–Kier alpha value is -2.79. The van der Waals surface area contributed by atoms with Gasteiger partial charge in [-0.2, -0.15) is 0 Å². The summed E-state index contributed by atoms with van der Waals surface area (Å²) in [6.07, 6.45) is 3.22. The molecule has 0 radical (unpaired) electrons. The van der Waals surface area contributed by atoms with Crippen LogP contribution in [-0.4, -0.2) is 12.6 Å². The highest BCUT2D eigenvalue weighted by Gasteiger charge is 2.22. The summed E-state index contributed by atoms with van der Waals surface area (Å²) in [5.74, 6) is 0.784. The smallest absolute Gasteiger partial charge is 0.326 e. The fourth-order valence-electron chi connectivity index (χ4n) is 3.21. The molecule has 0 saturated heterocycles. The average molecular weight is 378 g/mol. The number of thiophene rings is 1. The molecule has 4 nitrogen and oxygen atoms in total. The van der Waals surface area contributed by atoms with Crippen LogP contribution in [0, 0.1) is 0 Å². The van der Waals surface area contributed by atoms with Gasteiger partial charge in [-0.05, 0) is 60.5 Å². The maximum absolute atomic E-state index is 12.8. The molecule has 1 aliphatic rings. The summed E-state index contributed by atoms with van der Waals surface area (Å²) in [6, 6.07) is 19.6. The van der Waals surface area contributed by atoms with Crippen molar-refractivity contribution in [3.63, 3.8) is 0 Å². The lowest BCUT2D eigenvalue weighted by Crippen LogP contribution is -2.35. The standard InChI is InChI=1S/C22H22N2O2S/c25-22(24-14-5-4-8-21-20(24)13-15-27-21)23-18-9-11-19(12-10-18)26-16-17-6-2-1-3-7-17/h1-3,6-7,9-13,15H,4-5,8,14,16H2,(H,23,25). The first-order chi connectivity index (χ1) is 13.3. The molecular weight excluding hydrogens is 356 g/mol. The summed E-state index contributed by atoms with van der Waals surface area (Å²) in [5, 5.41) is 5.07. The Morgan fingerprint density at radius 1 is 1.04 bits per heavy atom. The lowest BCUT2D eigenvalue weighted by molar-refractivity contribution is 0.257. The van der Waals surface area contributed by atoms with Gasteiger partial charge < -0.3 is 10.1 Å². The van der Waals surface area contributed by atoms with Crippen molar-refractivity contribution in [3.05, 3.63) is 76.5 Å². The summed E-state index contributed by atoms with van der Waals surface area (Å²) in [6.45, 7) is 1.29. The van der Waals surface area contributed by atoms with E-state index in [9.17, 15) is 4.79 Å². The quantitative estimate of drug-likeness (QED) is 0.632. The van der Waals surface area contributed by atoms with Crippen LogP contribution in [0.1, 0.15) is 23.3 Å². The van der Waals surface area contributed by atoms with Gasteiger partial charge in [-0.1, -0.05) is 30.3 Å². The molecule has 0 saturated carbocycles. The molecule has 0 fully saturated rings. The number of benzene rings is 2. The van der Waals surface area contributed by atoms with Gasteiger partial charge in [-0.15, -0.1) is 11.3 Å². The second kappa shape index (κ2) is 8.27. The van der Waals surface area contributed by atoms with Crippen LogP contribution in [0.5, 0.6) is 5.75 Å². The zero-order valence-corrected chi connectivity index (χ0v) is 15.9. The molecule has 1 aliphatic heterocycles. The maximum atomic E-state index is 12.8. The van der Waals surface area contributed by atoms with Gasteiger partial charge in [0.1, 0.15) is 12.4 Å². The summed E-state index contributed by atoms with van der Waals surface area (Å²) < 4.78 is 5.80. The molecule has 2 aromatic carbocycles. The predicted molar refractivity (Wildman–Crippen MR) is 111 cm³/mol. The molecule has 0 spiro atoms. The summed E-state index contributed by atoms with van der Waals surface area (Å²) in [4.78, 5) is 15.9. The van der Waals surface area contributed by atoms with Crippen LogP contribution in [0.2, 0.25) is 0 Å². The van der Waals surface area contributed by atoms with E-state index in [-0.39, 0.29) is 6.03 Å². The van der Waals surface area contributed by atoms with Crippen molar-refractivity contribution in [3.8, 4) is 5.75 Å². The molecule has 1 N–H and O–H groups in total. The van der Waals surface area contributed by atoms with Gasteiger partial charge in [0, 0.05) is 17.1 Å². The van der Waals surface area contributed by atoms with Crippen LogP contribution in [0.3, 0.4) is 0 Å². The molecule has 0 bridgehead atoms. The summed E-state index contributed by atoms with van der Waals surface area (Å²) in [5.41, 5.74) is 2.95. The number of carbonyl (C=O) groups excluding carboxylic acids is 1. The van der Waals surface area contributed by atoms with Crippen molar-refractivity contribution in [1.82, 2.24) is 0 Å². The third kappa shape index (κ3) is 4.31. The molecule has 4 rings (SSSR count). The molecular formula is C22H22N2O2S. The zero-order chi connectivity index (χ0) is 18.5. The van der Waals surface area contributed by atoms with E-state index in [1.54, 1.807) is 11.3 Å². The van der Waals surface area contributed by atoms with E-state index in [0.29, 0.717) is 6.61 Å². The molecule has 0 aliphatic carbocycles. The van der Waals surface area contributed by atoms with Crippen LogP contribution in [0.4, 0.5) is 16.2 Å². The molecule has 27 heavy (non-hydrogen) atoms. The normalized spacial score (nSPS) is 13.6. The Kier molecular flexibility index (Phi) is 5.39. The number of aryl methyl sites for hydroxylation is 1. The van der Waals surface area contributed by atoms with Gasteiger partial charge in [-0.25, -0.2) is 4.79 Å². The van der Waals surface area contributed by atoms with Gasteiger partial charge in [-0.3, -0.25) is 4.90 Å². The molecule has 2 amide bonds. The van der Waals surface area contributed by atoms with Gasteiger partial charge in [0.05, 0.1) is 5.69 Å². The number of hydrogen-bond donors (Lipinski definition) is 1. The molecule has 3 aromatic rings. The number of nitrogens with zero attached hydrogens (tertiary/aromatic N) is 1. The highest BCUT2D eigenvalue weighted by Crippen LogP contribution is 2.31. The third-order valence-electron chi connectivity index (χ3n) is 4.65. The fraction of sp³-hybridized carbons (Fsp3) is 0.227. The Bertz CT molecular complexity index is 890. The average Bonchev–Trinajstić information content (AvgIpc) is 3.07. The van der Waals surface area contributed by atoms with Crippen molar-refractivity contribution < 1.29 is 9.53 Å². The second-order valence-corrected chi connectivity index (χ2v) is 7.57. The monoisotopic (exact) mass is 378 g/mol. The van der Waals surface area contributed by atoms with Gasteiger partial charge in [0.2, 0.25) is 0 Å². The Labute approximate surface area is 163 Å². The van der Waals surface area contributed by atoms with E-state index >= 15 is 0 Å². The first kappa shape index (κ1) is 17.6. The van der Waals surface area contributed by atoms with Gasteiger partial charge in [0.25, 0.3) is 0 Å². The topological polar surface area (TPSA) is 41.6 Å². The zero-order valence-electron chi connectivity index (χ0n) is 15.1. The highest BCUT2D eigenvalue weighted by molar-refractivity contribution is 7.10. The number of urea groups is 1. The lowest BCUT2D eigenvalue weighted by Gasteiger charge is -2.21. The second-order valence-electron chi connectivity index (χ2n) is 6.57. The fourth-order valence-corrected chi connectivity index (χ4v) is 4.14. The molecule has 2 heterocycles. The van der Waals surface area contributed by atoms with E-state index < -0.39 is 0 Å². The molecule has 0 unspecified atom stereocenters. The van der Waals surface area contributed by atoms with Crippen molar-refractivity contribution in [2.75, 3.05) is 16.8 Å². The first-order valence-electron chi connectivity index (χ1n) is 9.21. The predicted octanol–water partition coefficient (Wildman–Crippen LogP) is 5.70. The number of carbonyl (C=O) groups is 1. The first-order valence-corrected chi connectivity index (χ1v) is 10.1. The van der Waals surface area contributed by atoms with E-state index in [1.165, 1.54) is 4.88 Å². The minimum atomic E-state index is -0.0745. The Balaban J connectivity index is 1.38. The minimum Gasteiger partial charge on any atom is -0.489 e. The number of nitrogens with one attached hydrogen (secondary N) is 1. The largest absolute Gasteiger partial charge is 0.489 e. The molecule has 138 valence electrons. The van der Waals surface area contributed by atoms with Gasteiger partial charge >= 0.3 is 6.03 Å². The van der Waals surface area contributed by atoms with Crippen LogP contribution in [0.15, 0.2) is 66.0 Å². The summed E-state index contributed by atoms with van der Waals surface area (Å²) in [7, 11) is 0. The molecule has 5 heteroatoms. The number of amides is 2. The van der Waals surface area contributed by atoms with E-state index in [4.69, 9.17) is 4.74 Å². The maximum Gasteiger partial charge on any atom is 0.326 e. The summed E-state index contributed by atoms with van der Waals surface area (Å²) >= 11 is 1.73. The van der Waals surface area contributed by atoms with Crippen LogP contribution >= 0.6 is 11.3 Å². The van der Waals surface area contributed by atoms with Crippen LogP contribution < -0.4 is 15.0 Å². The third-order valence-corrected chi connectivity index (χ3v) is 5.62. The Morgan fingerprint density at radius 2 is 1.85 bits per heavy atom. The number of anilines is 2. The Morgan fingerprint density at radius 3 is 2.67 bits per heavy atom. The number of rotatable bonds is 4. The van der Waals surface area contributed by atoms with E-state index in [1.807, 2.05) is 65.6 Å².